The van der Waals surface area contributed by atoms with Crippen molar-refractivity contribution < 1.29 is 18.0 Å². The lowest BCUT2D eigenvalue weighted by molar-refractivity contribution is -0.140. The molecule has 0 heterocycles. The fourth-order valence-electron chi connectivity index (χ4n) is 4.42. The van der Waals surface area contributed by atoms with Crippen molar-refractivity contribution in [1.29, 1.82) is 0 Å². The van der Waals surface area contributed by atoms with E-state index >= 15 is 0 Å². The Balaban J connectivity index is 1.92. The monoisotopic (exact) mass is 519 g/mol. The zero-order chi connectivity index (χ0) is 25.6. The van der Waals surface area contributed by atoms with E-state index in [1.807, 2.05) is 19.9 Å². The number of sulfonamides is 1. The molecule has 0 saturated heterocycles. The number of carbonyl (C=O) groups is 2. The number of hydrogen-bond acceptors (Lipinski definition) is 4. The van der Waals surface area contributed by atoms with Crippen LogP contribution < -0.4 is 9.62 Å². The first-order valence-corrected chi connectivity index (χ1v) is 14.2. The molecule has 1 aliphatic rings. The van der Waals surface area contributed by atoms with Gasteiger partial charge in [0.2, 0.25) is 21.8 Å². The molecule has 1 fully saturated rings. The minimum absolute atomic E-state index is 0.0978. The predicted octanol–water partition coefficient (Wildman–Crippen LogP) is 4.28. The minimum Gasteiger partial charge on any atom is -0.352 e. The van der Waals surface area contributed by atoms with Crippen molar-refractivity contribution in [3.63, 3.8) is 0 Å². The molecule has 0 bridgehead atoms. The third-order valence-corrected chi connectivity index (χ3v) is 7.90. The van der Waals surface area contributed by atoms with Crippen LogP contribution in [0, 0.1) is 6.92 Å². The second kappa shape index (κ2) is 11.9. The second-order valence-corrected chi connectivity index (χ2v) is 11.4. The highest BCUT2D eigenvalue weighted by atomic mass is 35.5. The number of nitrogens with zero attached hydrogens (tertiary/aromatic N) is 2. The Morgan fingerprint density at radius 1 is 1.09 bits per heavy atom. The van der Waals surface area contributed by atoms with Crippen LogP contribution in [0.4, 0.5) is 5.69 Å². The van der Waals surface area contributed by atoms with Crippen molar-refractivity contribution in [3.05, 3.63) is 64.7 Å². The van der Waals surface area contributed by atoms with Gasteiger partial charge in [-0.25, -0.2) is 8.42 Å². The number of amides is 2. The first kappa shape index (κ1) is 27.0. The van der Waals surface area contributed by atoms with E-state index < -0.39 is 28.5 Å². The van der Waals surface area contributed by atoms with Crippen LogP contribution in [0.5, 0.6) is 0 Å². The van der Waals surface area contributed by atoms with Gasteiger partial charge < -0.3 is 10.2 Å². The first-order valence-electron chi connectivity index (χ1n) is 12.0. The van der Waals surface area contributed by atoms with Gasteiger partial charge in [0.25, 0.3) is 0 Å². The van der Waals surface area contributed by atoms with Gasteiger partial charge in [-0.15, -0.1) is 0 Å². The van der Waals surface area contributed by atoms with Crippen LogP contribution in [0.15, 0.2) is 48.5 Å². The van der Waals surface area contributed by atoms with Gasteiger partial charge in [-0.05, 0) is 49.9 Å². The number of halogens is 1. The summed E-state index contributed by atoms with van der Waals surface area (Å²) in [6, 6.07) is 13.4. The molecule has 0 spiro atoms. The number of aryl methyl sites for hydroxylation is 1. The van der Waals surface area contributed by atoms with Crippen molar-refractivity contribution in [1.82, 2.24) is 10.2 Å². The van der Waals surface area contributed by atoms with Gasteiger partial charge in [-0.3, -0.25) is 13.9 Å². The summed E-state index contributed by atoms with van der Waals surface area (Å²) in [5.41, 5.74) is 2.06. The van der Waals surface area contributed by atoms with E-state index in [4.69, 9.17) is 11.6 Å². The topological polar surface area (TPSA) is 86.8 Å². The van der Waals surface area contributed by atoms with E-state index in [2.05, 4.69) is 5.32 Å². The summed E-state index contributed by atoms with van der Waals surface area (Å²) < 4.78 is 26.4. The molecule has 0 aromatic heterocycles. The van der Waals surface area contributed by atoms with Crippen LogP contribution in [0.2, 0.25) is 5.02 Å². The largest absolute Gasteiger partial charge is 0.352 e. The van der Waals surface area contributed by atoms with Crippen molar-refractivity contribution in [2.45, 2.75) is 64.6 Å². The SMILES string of the molecule is CCC(C(=O)NC1CCCC1)N(Cc1ccccc1Cl)C(=O)CN(c1ccc(C)cc1)S(C)(=O)=O. The third kappa shape index (κ3) is 7.21. The van der Waals surface area contributed by atoms with Crippen LogP contribution in [0.25, 0.3) is 0 Å². The van der Waals surface area contributed by atoms with Gasteiger partial charge in [0.05, 0.1) is 11.9 Å². The van der Waals surface area contributed by atoms with Crippen LogP contribution >= 0.6 is 11.6 Å². The van der Waals surface area contributed by atoms with Gasteiger partial charge in [0.1, 0.15) is 12.6 Å². The molecule has 1 aliphatic carbocycles. The lowest BCUT2D eigenvalue weighted by Gasteiger charge is -2.33. The summed E-state index contributed by atoms with van der Waals surface area (Å²) in [5, 5.41) is 3.57. The minimum atomic E-state index is -3.75. The van der Waals surface area contributed by atoms with Crippen molar-refractivity contribution >= 4 is 39.1 Å². The van der Waals surface area contributed by atoms with Crippen molar-refractivity contribution in [3.8, 4) is 0 Å². The summed E-state index contributed by atoms with van der Waals surface area (Å²) in [5.74, 6) is -0.689. The highest BCUT2D eigenvalue weighted by Gasteiger charge is 2.33. The normalized spacial score (nSPS) is 15.0. The summed E-state index contributed by atoms with van der Waals surface area (Å²) in [6.45, 7) is 3.43. The standard InChI is InChI=1S/C26H34ClN3O4S/c1-4-24(26(32)28-21-10-6-7-11-21)29(17-20-9-5-8-12-23(20)27)25(31)18-30(35(3,33)34)22-15-13-19(2)14-16-22/h5,8-9,12-16,21,24H,4,6-7,10-11,17-18H2,1-3H3,(H,28,32). The zero-order valence-corrected chi connectivity index (χ0v) is 22.1. The molecule has 1 atom stereocenters. The lowest BCUT2D eigenvalue weighted by Crippen LogP contribution is -2.53. The summed E-state index contributed by atoms with van der Waals surface area (Å²) in [6.07, 6.45) is 5.46. The van der Waals surface area contributed by atoms with E-state index in [1.165, 1.54) is 4.90 Å². The Labute approximate surface area is 213 Å². The zero-order valence-electron chi connectivity index (χ0n) is 20.5. The smallest absolute Gasteiger partial charge is 0.244 e. The Kier molecular flexibility index (Phi) is 9.19. The fraction of sp³-hybridized carbons (Fsp3) is 0.462. The highest BCUT2D eigenvalue weighted by Crippen LogP contribution is 2.23. The molecule has 190 valence electrons. The molecule has 1 saturated carbocycles. The number of nitrogens with one attached hydrogen (secondary N) is 1. The maximum atomic E-state index is 13.7. The molecule has 35 heavy (non-hydrogen) atoms. The molecule has 0 aliphatic heterocycles. The van der Waals surface area contributed by atoms with E-state index in [0.717, 1.165) is 41.8 Å². The quantitative estimate of drug-likeness (QED) is 0.507. The van der Waals surface area contributed by atoms with Gasteiger partial charge in [-0.2, -0.15) is 0 Å². The Hall–Kier alpha value is -2.58. The van der Waals surface area contributed by atoms with Gasteiger partial charge in [0.15, 0.2) is 0 Å². The second-order valence-electron chi connectivity index (χ2n) is 9.13. The van der Waals surface area contributed by atoms with Crippen LogP contribution in [-0.4, -0.2) is 50.0 Å². The molecule has 7 nitrogen and oxygen atoms in total. The average Bonchev–Trinajstić information content (AvgIpc) is 3.31. The molecule has 2 amide bonds. The molecule has 1 N–H and O–H groups in total. The van der Waals surface area contributed by atoms with E-state index in [0.29, 0.717) is 22.7 Å². The molecular weight excluding hydrogens is 486 g/mol. The number of benzene rings is 2. The Morgan fingerprint density at radius 2 is 1.71 bits per heavy atom. The van der Waals surface area contributed by atoms with Crippen molar-refractivity contribution in [2.75, 3.05) is 17.1 Å². The Bertz CT molecular complexity index is 1130. The van der Waals surface area contributed by atoms with Crippen LogP contribution in [0.1, 0.15) is 50.2 Å². The number of carbonyl (C=O) groups excluding carboxylic acids is 2. The summed E-state index contributed by atoms with van der Waals surface area (Å²) >= 11 is 6.38. The van der Waals surface area contributed by atoms with Crippen LogP contribution in [-0.2, 0) is 26.2 Å². The van der Waals surface area contributed by atoms with Gasteiger partial charge in [0, 0.05) is 17.6 Å². The summed E-state index contributed by atoms with van der Waals surface area (Å²) in [4.78, 5) is 28.4. The maximum absolute atomic E-state index is 13.7. The van der Waals surface area contributed by atoms with Gasteiger partial charge >= 0.3 is 0 Å². The molecule has 1 unspecified atom stereocenters. The molecule has 2 aromatic rings. The van der Waals surface area contributed by atoms with Gasteiger partial charge in [-0.1, -0.05) is 67.3 Å². The third-order valence-electron chi connectivity index (χ3n) is 6.39. The molecule has 0 radical (unpaired) electrons. The fourth-order valence-corrected chi connectivity index (χ4v) is 5.47. The van der Waals surface area contributed by atoms with Crippen LogP contribution in [0.3, 0.4) is 0 Å². The molecular formula is C26H34ClN3O4S. The first-order chi connectivity index (χ1) is 16.6. The van der Waals surface area contributed by atoms with Crippen molar-refractivity contribution in [2.24, 2.45) is 0 Å². The highest BCUT2D eigenvalue weighted by molar-refractivity contribution is 7.92. The predicted molar refractivity (Wildman–Crippen MR) is 140 cm³/mol. The summed E-state index contributed by atoms with van der Waals surface area (Å²) in [7, 11) is -3.75. The lowest BCUT2D eigenvalue weighted by atomic mass is 10.1. The maximum Gasteiger partial charge on any atom is 0.244 e. The number of anilines is 1. The number of hydrogen-bond donors (Lipinski definition) is 1. The molecule has 2 aromatic carbocycles. The molecule has 9 heteroatoms. The van der Waals surface area contributed by atoms with E-state index in [-0.39, 0.29) is 18.5 Å². The average molecular weight is 520 g/mol. The van der Waals surface area contributed by atoms with E-state index in [1.54, 1.807) is 42.5 Å². The molecule has 3 rings (SSSR count). The number of rotatable bonds is 10. The van der Waals surface area contributed by atoms with E-state index in [9.17, 15) is 18.0 Å². The Morgan fingerprint density at radius 3 is 2.29 bits per heavy atom.